The molecule has 1 rings (SSSR count). The van der Waals surface area contributed by atoms with Gasteiger partial charge in [-0.05, 0) is 45.4 Å². The summed E-state index contributed by atoms with van der Waals surface area (Å²) in [5.41, 5.74) is -0.872. The molecule has 0 aliphatic heterocycles. The monoisotopic (exact) mass is 347 g/mol. The first-order chi connectivity index (χ1) is 11.7. The van der Waals surface area contributed by atoms with Gasteiger partial charge in [-0.3, -0.25) is 9.59 Å². The highest BCUT2D eigenvalue weighted by Gasteiger charge is 2.39. The van der Waals surface area contributed by atoms with E-state index in [4.69, 9.17) is 14.2 Å². The van der Waals surface area contributed by atoms with Crippen molar-refractivity contribution in [3.05, 3.63) is 29.8 Å². The van der Waals surface area contributed by atoms with Gasteiger partial charge in [0.2, 0.25) is 0 Å². The molecule has 0 unspecified atom stereocenters. The molecule has 0 radical (unpaired) electrons. The van der Waals surface area contributed by atoms with Crippen LogP contribution in [-0.2, 0) is 24.5 Å². The average molecular weight is 347 g/mol. The highest BCUT2D eigenvalue weighted by molar-refractivity contribution is 5.78. The third-order valence-corrected chi connectivity index (χ3v) is 3.46. The van der Waals surface area contributed by atoms with E-state index in [9.17, 15) is 14.9 Å². The molecule has 1 aromatic rings. The van der Waals surface area contributed by atoms with E-state index < -0.39 is 17.4 Å². The van der Waals surface area contributed by atoms with Gasteiger partial charge in [-0.1, -0.05) is 12.1 Å². The van der Waals surface area contributed by atoms with Gasteiger partial charge in [0.15, 0.2) is 0 Å². The molecule has 0 N–H and O–H groups in total. The molecule has 0 heterocycles. The number of methoxy groups -OCH3 is 1. The SMILES string of the molecule is COc1cccc(C(C#N)(CC(=O)OC(C)C)CC(=O)OC(C)C)c1. The van der Waals surface area contributed by atoms with Crippen molar-refractivity contribution in [2.24, 2.45) is 0 Å². The lowest BCUT2D eigenvalue weighted by atomic mass is 9.76. The molecular formula is C19H25NO5. The minimum absolute atomic E-state index is 0.248. The van der Waals surface area contributed by atoms with E-state index in [1.54, 1.807) is 52.0 Å². The minimum Gasteiger partial charge on any atom is -0.497 e. The van der Waals surface area contributed by atoms with Gasteiger partial charge >= 0.3 is 11.9 Å². The second kappa shape index (κ2) is 9.07. The Morgan fingerprint density at radius 2 is 1.60 bits per heavy atom. The second-order valence-corrected chi connectivity index (χ2v) is 6.36. The topological polar surface area (TPSA) is 85.6 Å². The molecule has 0 aliphatic rings. The van der Waals surface area contributed by atoms with E-state index in [0.717, 1.165) is 0 Å². The molecule has 1 aromatic carbocycles. The molecule has 0 fully saturated rings. The number of nitriles is 1. The summed E-state index contributed by atoms with van der Waals surface area (Å²) in [6.45, 7) is 6.91. The predicted octanol–water partition coefficient (Wildman–Crippen LogP) is 3.14. The van der Waals surface area contributed by atoms with Crippen LogP contribution in [0.4, 0.5) is 0 Å². The molecule has 136 valence electrons. The summed E-state index contributed by atoms with van der Waals surface area (Å²) in [5, 5.41) is 9.85. The van der Waals surface area contributed by atoms with Gasteiger partial charge < -0.3 is 14.2 Å². The Kier molecular flexibility index (Phi) is 7.43. The third-order valence-electron chi connectivity index (χ3n) is 3.46. The maximum atomic E-state index is 12.2. The van der Waals surface area contributed by atoms with Crippen molar-refractivity contribution in [2.45, 2.75) is 58.2 Å². The van der Waals surface area contributed by atoms with Crippen molar-refractivity contribution >= 4 is 11.9 Å². The van der Waals surface area contributed by atoms with Crippen LogP contribution in [0.1, 0.15) is 46.1 Å². The summed E-state index contributed by atoms with van der Waals surface area (Å²) in [6, 6.07) is 8.91. The summed E-state index contributed by atoms with van der Waals surface area (Å²) >= 11 is 0. The Bertz CT molecular complexity index is 621. The minimum atomic E-state index is -1.38. The zero-order valence-corrected chi connectivity index (χ0v) is 15.4. The van der Waals surface area contributed by atoms with Gasteiger partial charge in [-0.15, -0.1) is 0 Å². The molecule has 0 spiro atoms. The van der Waals surface area contributed by atoms with Crippen LogP contribution in [0.25, 0.3) is 0 Å². The van der Waals surface area contributed by atoms with Crippen molar-refractivity contribution in [2.75, 3.05) is 7.11 Å². The Balaban J connectivity index is 3.24. The summed E-state index contributed by atoms with van der Waals surface area (Å²) in [4.78, 5) is 24.4. The Morgan fingerprint density at radius 1 is 1.08 bits per heavy atom. The van der Waals surface area contributed by atoms with Crippen molar-refractivity contribution in [1.82, 2.24) is 0 Å². The number of nitrogens with zero attached hydrogens (tertiary/aromatic N) is 1. The maximum Gasteiger partial charge on any atom is 0.308 e. The molecule has 0 bridgehead atoms. The van der Waals surface area contributed by atoms with Crippen molar-refractivity contribution in [3.8, 4) is 11.8 Å². The standard InChI is InChI=1S/C19H25NO5/c1-13(2)24-17(21)10-19(12-20,11-18(22)25-14(3)4)15-7-6-8-16(9-15)23-5/h6-9,13-14H,10-11H2,1-5H3. The molecule has 0 saturated carbocycles. The normalized spacial score (nSPS) is 11.1. The van der Waals surface area contributed by atoms with E-state index in [-0.39, 0.29) is 25.0 Å². The number of hydrogen-bond acceptors (Lipinski definition) is 6. The number of esters is 2. The molecular weight excluding hydrogens is 322 g/mol. The van der Waals surface area contributed by atoms with Gasteiger partial charge in [0.1, 0.15) is 11.2 Å². The van der Waals surface area contributed by atoms with Crippen molar-refractivity contribution < 1.29 is 23.8 Å². The zero-order valence-electron chi connectivity index (χ0n) is 15.4. The lowest BCUT2D eigenvalue weighted by molar-refractivity contribution is -0.151. The van der Waals surface area contributed by atoms with Gasteiger partial charge in [0.25, 0.3) is 0 Å². The molecule has 0 saturated heterocycles. The molecule has 0 amide bonds. The number of carbonyl (C=O) groups excluding carboxylic acids is 2. The van der Waals surface area contributed by atoms with Gasteiger partial charge in [-0.25, -0.2) is 0 Å². The van der Waals surface area contributed by atoms with Gasteiger partial charge in [0, 0.05) is 0 Å². The number of ether oxygens (including phenoxy) is 3. The van der Waals surface area contributed by atoms with Crippen LogP contribution in [0.5, 0.6) is 5.75 Å². The maximum absolute atomic E-state index is 12.2. The largest absolute Gasteiger partial charge is 0.497 e. The van der Waals surface area contributed by atoms with Crippen molar-refractivity contribution in [3.63, 3.8) is 0 Å². The summed E-state index contributed by atoms with van der Waals surface area (Å²) in [6.07, 6.45) is -1.11. The fourth-order valence-corrected chi connectivity index (χ4v) is 2.43. The summed E-state index contributed by atoms with van der Waals surface area (Å²) in [5.74, 6) is -0.556. The van der Waals surface area contributed by atoms with Crippen LogP contribution < -0.4 is 4.74 Å². The highest BCUT2D eigenvalue weighted by Crippen LogP contribution is 2.34. The molecule has 0 aromatic heterocycles. The average Bonchev–Trinajstić information content (AvgIpc) is 2.52. The van der Waals surface area contributed by atoms with Crippen molar-refractivity contribution in [1.29, 1.82) is 5.26 Å². The van der Waals surface area contributed by atoms with Crippen LogP contribution in [0.3, 0.4) is 0 Å². The summed E-state index contributed by atoms with van der Waals surface area (Å²) < 4.78 is 15.5. The van der Waals surface area contributed by atoms with Crippen LogP contribution in [0.2, 0.25) is 0 Å². The Hall–Kier alpha value is -2.55. The third kappa shape index (κ3) is 6.11. The smallest absolute Gasteiger partial charge is 0.308 e. The van der Waals surface area contributed by atoms with Crippen LogP contribution in [-0.4, -0.2) is 31.3 Å². The first-order valence-corrected chi connectivity index (χ1v) is 8.17. The van der Waals surface area contributed by atoms with E-state index >= 15 is 0 Å². The first kappa shape index (κ1) is 20.5. The van der Waals surface area contributed by atoms with Gasteiger partial charge in [-0.2, -0.15) is 5.26 Å². The van der Waals surface area contributed by atoms with E-state index in [1.807, 2.05) is 0 Å². The molecule has 6 heteroatoms. The highest BCUT2D eigenvalue weighted by atomic mass is 16.5. The van der Waals surface area contributed by atoms with E-state index in [2.05, 4.69) is 6.07 Å². The van der Waals surface area contributed by atoms with E-state index in [1.165, 1.54) is 7.11 Å². The quantitative estimate of drug-likeness (QED) is 0.672. The fourth-order valence-electron chi connectivity index (χ4n) is 2.43. The number of carbonyl (C=O) groups is 2. The molecule has 6 nitrogen and oxygen atoms in total. The van der Waals surface area contributed by atoms with Crippen LogP contribution in [0.15, 0.2) is 24.3 Å². The predicted molar refractivity (Wildman–Crippen MR) is 92.0 cm³/mol. The zero-order chi connectivity index (χ0) is 19.0. The lowest BCUT2D eigenvalue weighted by Gasteiger charge is -2.26. The number of rotatable bonds is 8. The Labute approximate surface area is 148 Å². The molecule has 0 atom stereocenters. The summed E-state index contributed by atoms with van der Waals surface area (Å²) in [7, 11) is 1.51. The van der Waals surface area contributed by atoms with Crippen LogP contribution >= 0.6 is 0 Å². The van der Waals surface area contributed by atoms with E-state index in [0.29, 0.717) is 11.3 Å². The lowest BCUT2D eigenvalue weighted by Crippen LogP contribution is -2.33. The Morgan fingerprint density at radius 3 is 2.00 bits per heavy atom. The fraction of sp³-hybridized carbons (Fsp3) is 0.526. The molecule has 25 heavy (non-hydrogen) atoms. The van der Waals surface area contributed by atoms with Crippen LogP contribution in [0, 0.1) is 11.3 Å². The number of hydrogen-bond donors (Lipinski definition) is 0. The van der Waals surface area contributed by atoms with Gasteiger partial charge in [0.05, 0.1) is 38.2 Å². The number of benzene rings is 1. The first-order valence-electron chi connectivity index (χ1n) is 8.17. The molecule has 0 aliphatic carbocycles. The second-order valence-electron chi connectivity index (χ2n) is 6.36.